The van der Waals surface area contributed by atoms with Gasteiger partial charge in [-0.05, 0) is 43.2 Å². The van der Waals surface area contributed by atoms with Crippen molar-refractivity contribution >= 4 is 5.97 Å². The van der Waals surface area contributed by atoms with E-state index in [0.717, 1.165) is 11.1 Å². The number of carboxylic acids is 1. The monoisotopic (exact) mass is 274 g/mol. The fraction of sp³-hybridized carbons (Fsp3) is 0.188. The number of hydrogen-bond donors (Lipinski definition) is 1. The Morgan fingerprint density at radius 2 is 1.80 bits per heavy atom. The summed E-state index contributed by atoms with van der Waals surface area (Å²) in [6.45, 7) is 3.75. The van der Waals surface area contributed by atoms with E-state index in [1.54, 1.807) is 6.07 Å². The van der Waals surface area contributed by atoms with Gasteiger partial charge in [0.05, 0.1) is 0 Å². The fourth-order valence-electron chi connectivity index (χ4n) is 1.86. The molecule has 0 saturated carbocycles. The molecule has 0 radical (unpaired) electrons. The minimum atomic E-state index is -1.16. The molecule has 1 N–H and O–H groups in total. The zero-order chi connectivity index (χ0) is 14.7. The topological polar surface area (TPSA) is 46.5 Å². The van der Waals surface area contributed by atoms with Crippen molar-refractivity contribution < 1.29 is 19.0 Å². The van der Waals surface area contributed by atoms with Gasteiger partial charge in [-0.15, -0.1) is 0 Å². The normalized spacial score (nSPS) is 11.9. The Kier molecular flexibility index (Phi) is 4.03. The quantitative estimate of drug-likeness (QED) is 0.925. The van der Waals surface area contributed by atoms with Gasteiger partial charge in [-0.25, -0.2) is 9.18 Å². The molecule has 0 aromatic heterocycles. The third-order valence-corrected chi connectivity index (χ3v) is 2.99. The van der Waals surface area contributed by atoms with Crippen LogP contribution in [-0.2, 0) is 4.79 Å². The maximum Gasteiger partial charge on any atom is 0.349 e. The number of carbonyl (C=O) groups is 1. The van der Waals surface area contributed by atoms with Gasteiger partial charge >= 0.3 is 5.97 Å². The average molecular weight is 274 g/mol. The fourth-order valence-corrected chi connectivity index (χ4v) is 1.86. The predicted molar refractivity (Wildman–Crippen MR) is 73.3 cm³/mol. The highest BCUT2D eigenvalue weighted by molar-refractivity contribution is 5.75. The molecule has 1 unspecified atom stereocenters. The SMILES string of the molecule is Cc1ccc(C)c(OC(C(=O)O)c2ccc(F)cc2)c1. The van der Waals surface area contributed by atoms with Gasteiger partial charge in [-0.1, -0.05) is 24.3 Å². The predicted octanol–water partition coefficient (Wildman–Crippen LogP) is 3.65. The molecule has 0 aliphatic carbocycles. The summed E-state index contributed by atoms with van der Waals surface area (Å²) in [5.74, 6) is -1.01. The molecule has 3 nitrogen and oxygen atoms in total. The van der Waals surface area contributed by atoms with Crippen LogP contribution < -0.4 is 4.74 Å². The summed E-state index contributed by atoms with van der Waals surface area (Å²) in [4.78, 5) is 11.4. The van der Waals surface area contributed by atoms with Crippen molar-refractivity contribution in [1.29, 1.82) is 0 Å². The molecule has 1 atom stereocenters. The van der Waals surface area contributed by atoms with E-state index in [4.69, 9.17) is 4.74 Å². The molecule has 0 fully saturated rings. The van der Waals surface area contributed by atoms with Gasteiger partial charge in [-0.2, -0.15) is 0 Å². The van der Waals surface area contributed by atoms with E-state index in [9.17, 15) is 14.3 Å². The summed E-state index contributed by atoms with van der Waals surface area (Å²) >= 11 is 0. The van der Waals surface area contributed by atoms with Gasteiger partial charge in [0.15, 0.2) is 0 Å². The van der Waals surface area contributed by atoms with Crippen molar-refractivity contribution in [3.63, 3.8) is 0 Å². The number of ether oxygens (including phenoxy) is 1. The Morgan fingerprint density at radius 3 is 2.40 bits per heavy atom. The maximum atomic E-state index is 12.9. The molecule has 0 bridgehead atoms. The molecule has 4 heteroatoms. The van der Waals surface area contributed by atoms with Gasteiger partial charge in [0, 0.05) is 5.56 Å². The van der Waals surface area contributed by atoms with Crippen LogP contribution in [0.15, 0.2) is 42.5 Å². The van der Waals surface area contributed by atoms with Gasteiger partial charge in [0.25, 0.3) is 0 Å². The standard InChI is InChI=1S/C16H15FO3/c1-10-3-4-11(2)14(9-10)20-15(16(18)19)12-5-7-13(17)8-6-12/h3-9,15H,1-2H3,(H,18,19). The average Bonchev–Trinajstić information content (AvgIpc) is 2.40. The molecule has 2 aromatic rings. The van der Waals surface area contributed by atoms with Gasteiger partial charge in [0.1, 0.15) is 11.6 Å². The number of benzene rings is 2. The van der Waals surface area contributed by atoms with Crippen molar-refractivity contribution in [2.75, 3.05) is 0 Å². The van der Waals surface area contributed by atoms with Crippen LogP contribution in [0, 0.1) is 19.7 Å². The van der Waals surface area contributed by atoms with Crippen LogP contribution in [0.4, 0.5) is 4.39 Å². The summed E-state index contributed by atoms with van der Waals surface area (Å²) in [6, 6.07) is 10.9. The first kappa shape index (κ1) is 14.1. The van der Waals surface area contributed by atoms with E-state index in [0.29, 0.717) is 11.3 Å². The number of aryl methyl sites for hydroxylation is 2. The Hall–Kier alpha value is -2.36. The minimum absolute atomic E-state index is 0.403. The molecule has 0 saturated heterocycles. The molecule has 0 amide bonds. The Bertz CT molecular complexity index is 620. The largest absolute Gasteiger partial charge is 0.478 e. The molecule has 104 valence electrons. The van der Waals surface area contributed by atoms with Crippen molar-refractivity contribution in [3.8, 4) is 5.75 Å². The van der Waals surface area contributed by atoms with Crippen LogP contribution in [-0.4, -0.2) is 11.1 Å². The first-order valence-electron chi connectivity index (χ1n) is 6.19. The third-order valence-electron chi connectivity index (χ3n) is 2.99. The lowest BCUT2D eigenvalue weighted by Gasteiger charge is -2.17. The molecule has 2 aromatic carbocycles. The zero-order valence-electron chi connectivity index (χ0n) is 11.3. The minimum Gasteiger partial charge on any atom is -0.478 e. The second-order valence-electron chi connectivity index (χ2n) is 4.66. The molecular weight excluding hydrogens is 259 g/mol. The lowest BCUT2D eigenvalue weighted by molar-refractivity contribution is -0.145. The first-order valence-corrected chi connectivity index (χ1v) is 6.19. The number of rotatable bonds is 4. The number of halogens is 1. The third kappa shape index (κ3) is 3.15. The van der Waals surface area contributed by atoms with E-state index < -0.39 is 17.9 Å². The summed E-state index contributed by atoms with van der Waals surface area (Å²) in [5, 5.41) is 9.30. The number of hydrogen-bond acceptors (Lipinski definition) is 2. The first-order chi connectivity index (χ1) is 9.47. The Balaban J connectivity index is 2.32. The lowest BCUT2D eigenvalue weighted by atomic mass is 10.1. The molecular formula is C16H15FO3. The van der Waals surface area contributed by atoms with E-state index in [2.05, 4.69) is 0 Å². The van der Waals surface area contributed by atoms with E-state index in [1.807, 2.05) is 26.0 Å². The van der Waals surface area contributed by atoms with Crippen LogP contribution in [0.2, 0.25) is 0 Å². The lowest BCUT2D eigenvalue weighted by Crippen LogP contribution is -2.18. The summed E-state index contributed by atoms with van der Waals surface area (Å²) in [7, 11) is 0. The molecule has 0 spiro atoms. The highest BCUT2D eigenvalue weighted by atomic mass is 19.1. The smallest absolute Gasteiger partial charge is 0.349 e. The molecule has 0 heterocycles. The summed E-state index contributed by atoms with van der Waals surface area (Å²) in [5.41, 5.74) is 2.23. The Morgan fingerprint density at radius 1 is 1.15 bits per heavy atom. The van der Waals surface area contributed by atoms with Crippen LogP contribution in [0.3, 0.4) is 0 Å². The second-order valence-corrected chi connectivity index (χ2v) is 4.66. The van der Waals surface area contributed by atoms with Crippen LogP contribution in [0.5, 0.6) is 5.75 Å². The van der Waals surface area contributed by atoms with Crippen molar-refractivity contribution in [2.45, 2.75) is 20.0 Å². The summed E-state index contributed by atoms with van der Waals surface area (Å²) in [6.07, 6.45) is -1.16. The van der Waals surface area contributed by atoms with Gasteiger partial charge in [0.2, 0.25) is 6.10 Å². The zero-order valence-corrected chi connectivity index (χ0v) is 11.3. The van der Waals surface area contributed by atoms with Crippen LogP contribution in [0.25, 0.3) is 0 Å². The maximum absolute atomic E-state index is 12.9. The molecule has 0 aliphatic rings. The molecule has 0 aliphatic heterocycles. The second kappa shape index (κ2) is 5.74. The van der Waals surface area contributed by atoms with E-state index in [1.165, 1.54) is 24.3 Å². The highest BCUT2D eigenvalue weighted by Gasteiger charge is 2.22. The van der Waals surface area contributed by atoms with Crippen molar-refractivity contribution in [1.82, 2.24) is 0 Å². The number of aliphatic carboxylic acids is 1. The summed E-state index contributed by atoms with van der Waals surface area (Å²) < 4.78 is 18.5. The van der Waals surface area contributed by atoms with Crippen LogP contribution >= 0.6 is 0 Å². The van der Waals surface area contributed by atoms with Gasteiger partial charge < -0.3 is 9.84 Å². The van der Waals surface area contributed by atoms with Crippen molar-refractivity contribution in [2.24, 2.45) is 0 Å². The molecule has 2 rings (SSSR count). The van der Waals surface area contributed by atoms with Crippen LogP contribution in [0.1, 0.15) is 22.8 Å². The molecule has 20 heavy (non-hydrogen) atoms. The van der Waals surface area contributed by atoms with E-state index in [-0.39, 0.29) is 0 Å². The van der Waals surface area contributed by atoms with E-state index >= 15 is 0 Å². The van der Waals surface area contributed by atoms with Gasteiger partial charge in [-0.3, -0.25) is 0 Å². The highest BCUT2D eigenvalue weighted by Crippen LogP contribution is 2.26. The van der Waals surface area contributed by atoms with Crippen molar-refractivity contribution in [3.05, 3.63) is 65.0 Å². The number of carboxylic acid groups (broad SMARTS) is 1. The Labute approximate surface area is 116 Å².